The van der Waals surface area contributed by atoms with Crippen LogP contribution in [0.3, 0.4) is 0 Å². The van der Waals surface area contributed by atoms with E-state index in [1.807, 2.05) is 0 Å². The summed E-state index contributed by atoms with van der Waals surface area (Å²) in [6.07, 6.45) is 11.6. The summed E-state index contributed by atoms with van der Waals surface area (Å²) in [6, 6.07) is 0. The van der Waals surface area contributed by atoms with Crippen molar-refractivity contribution in [1.29, 1.82) is 0 Å². The molecule has 4 fully saturated rings. The zero-order chi connectivity index (χ0) is 21.7. The maximum absolute atomic E-state index is 11.7. The van der Waals surface area contributed by atoms with Crippen LogP contribution in [0.2, 0.25) is 0 Å². The molecule has 0 heterocycles. The molecule has 0 radical (unpaired) electrons. The van der Waals surface area contributed by atoms with E-state index < -0.39 is 0 Å². The van der Waals surface area contributed by atoms with Crippen molar-refractivity contribution >= 4 is 27.4 Å². The first-order chi connectivity index (χ1) is 14.4. The first-order valence-corrected chi connectivity index (χ1v) is 14.2. The average molecular weight is 473 g/mol. The first-order valence-electron chi connectivity index (χ1n) is 12.4. The molecule has 13 atom stereocenters. The first kappa shape index (κ1) is 24.0. The molecule has 8 unspecified atom stereocenters. The van der Waals surface area contributed by atoms with Gasteiger partial charge < -0.3 is 9.05 Å². The molecule has 4 rings (SSSR count). The normalized spacial score (nSPS) is 51.8. The Morgan fingerprint density at radius 3 is 2.27 bits per heavy atom. The number of rotatable bonds is 6. The van der Waals surface area contributed by atoms with Crippen LogP contribution in [0.1, 0.15) is 85.5 Å². The summed E-state index contributed by atoms with van der Waals surface area (Å²) in [7, 11) is 5.47. The molecule has 0 spiro atoms. The summed E-state index contributed by atoms with van der Waals surface area (Å²) in [5.41, 5.74) is 1.00. The topological polar surface area (TPSA) is 35.5 Å². The quantitative estimate of drug-likeness (QED) is 0.380. The van der Waals surface area contributed by atoms with Gasteiger partial charge in [-0.1, -0.05) is 40.5 Å². The zero-order valence-corrected chi connectivity index (χ0v) is 22.6. The minimum Gasteiger partial charge on any atom is -0.359 e. The van der Waals surface area contributed by atoms with Gasteiger partial charge in [0.05, 0.1) is 12.2 Å². The molecule has 0 aromatic heterocycles. The van der Waals surface area contributed by atoms with E-state index >= 15 is 0 Å². The SMILES string of the molecule is CCCC(C)C1CCC2C3C(OP)[C@@H](OP)[C@@H]4C[C@H](P=O)CC[C@]4(C)C3CC[C@]12C. The van der Waals surface area contributed by atoms with E-state index in [2.05, 4.69) is 46.6 Å². The summed E-state index contributed by atoms with van der Waals surface area (Å²) in [4.78, 5) is 0. The van der Waals surface area contributed by atoms with E-state index in [1.54, 1.807) is 0 Å². The Morgan fingerprint density at radius 1 is 0.967 bits per heavy atom. The molecule has 3 nitrogen and oxygen atoms in total. The van der Waals surface area contributed by atoms with Gasteiger partial charge in [-0.3, -0.25) is 4.57 Å². The molecule has 0 bridgehead atoms. The molecule has 0 N–H and O–H groups in total. The predicted molar refractivity (Wildman–Crippen MR) is 131 cm³/mol. The molecule has 30 heavy (non-hydrogen) atoms. The van der Waals surface area contributed by atoms with E-state index in [-0.39, 0.29) is 23.3 Å². The van der Waals surface area contributed by atoms with Crippen LogP contribution in [0, 0.1) is 46.3 Å². The standard InChI is InChI=1S/C24H43O3P3/c1-5-6-14(2)16-7-8-17-20-18(10-12-23(16,17)3)24(4)11-9-15(30-25)13-19(24)21(26-28)22(20)27-29/h14-22H,5-13,28-29H2,1-4H3/t14?,15-,16?,17?,18?,19+,20?,21+,22?,23-,24-/m1/s1. The van der Waals surface area contributed by atoms with Crippen LogP contribution in [0.4, 0.5) is 0 Å². The third kappa shape index (κ3) is 3.61. The Kier molecular flexibility index (Phi) is 7.41. The minimum atomic E-state index is 0.0813. The highest BCUT2D eigenvalue weighted by atomic mass is 31.1. The Labute approximate surface area is 190 Å². The minimum absolute atomic E-state index is 0.0813. The lowest BCUT2D eigenvalue weighted by molar-refractivity contribution is -0.195. The van der Waals surface area contributed by atoms with Crippen molar-refractivity contribution in [3.05, 3.63) is 0 Å². The van der Waals surface area contributed by atoms with Crippen molar-refractivity contribution in [3.63, 3.8) is 0 Å². The highest BCUT2D eigenvalue weighted by Gasteiger charge is 2.66. The number of hydrogen-bond acceptors (Lipinski definition) is 3. The van der Waals surface area contributed by atoms with E-state index in [0.717, 1.165) is 30.6 Å². The summed E-state index contributed by atoms with van der Waals surface area (Å²) >= 11 is 0. The average Bonchev–Trinajstić information content (AvgIpc) is 3.09. The van der Waals surface area contributed by atoms with Crippen LogP contribution in [-0.4, -0.2) is 17.9 Å². The molecule has 6 heteroatoms. The van der Waals surface area contributed by atoms with Gasteiger partial charge in [0.1, 0.15) is 0 Å². The van der Waals surface area contributed by atoms with Gasteiger partial charge in [0.2, 0.25) is 0 Å². The molecule has 4 aliphatic carbocycles. The molecule has 0 aromatic carbocycles. The van der Waals surface area contributed by atoms with Gasteiger partial charge in [0.15, 0.2) is 8.46 Å². The van der Waals surface area contributed by atoms with Gasteiger partial charge in [-0.15, -0.1) is 0 Å². The van der Waals surface area contributed by atoms with Crippen LogP contribution in [0.15, 0.2) is 0 Å². The third-order valence-corrected chi connectivity index (χ3v) is 12.0. The van der Waals surface area contributed by atoms with E-state index in [9.17, 15) is 4.57 Å². The molecular weight excluding hydrogens is 429 g/mol. The maximum Gasteiger partial charge on any atom is 0.158 e. The van der Waals surface area contributed by atoms with Crippen LogP contribution >= 0.6 is 27.4 Å². The smallest absolute Gasteiger partial charge is 0.158 e. The van der Waals surface area contributed by atoms with Gasteiger partial charge in [0, 0.05) is 24.6 Å². The molecule has 172 valence electrons. The van der Waals surface area contributed by atoms with Crippen molar-refractivity contribution in [2.75, 3.05) is 0 Å². The van der Waals surface area contributed by atoms with Crippen molar-refractivity contribution in [1.82, 2.24) is 0 Å². The van der Waals surface area contributed by atoms with Crippen LogP contribution in [0.5, 0.6) is 0 Å². The van der Waals surface area contributed by atoms with Gasteiger partial charge in [-0.05, 0) is 91.3 Å². The summed E-state index contributed by atoms with van der Waals surface area (Å²) in [6.45, 7) is 10.0. The Hall–Kier alpha value is 0.880. The van der Waals surface area contributed by atoms with E-state index in [0.29, 0.717) is 31.6 Å². The fourth-order valence-electron chi connectivity index (χ4n) is 9.25. The Balaban J connectivity index is 1.69. The van der Waals surface area contributed by atoms with Crippen LogP contribution in [-0.2, 0) is 13.6 Å². The van der Waals surface area contributed by atoms with E-state index in [4.69, 9.17) is 9.05 Å². The van der Waals surface area contributed by atoms with Gasteiger partial charge in [-0.2, -0.15) is 0 Å². The second kappa shape index (κ2) is 9.26. The fourth-order valence-corrected chi connectivity index (χ4v) is 10.5. The molecular formula is C24H43O3P3. The summed E-state index contributed by atoms with van der Waals surface area (Å²) < 4.78 is 24.1. The second-order valence-corrected chi connectivity index (χ2v) is 13.1. The van der Waals surface area contributed by atoms with Gasteiger partial charge >= 0.3 is 0 Å². The third-order valence-electron chi connectivity index (χ3n) is 10.6. The largest absolute Gasteiger partial charge is 0.359 e. The zero-order valence-electron chi connectivity index (χ0n) is 19.4. The lowest BCUT2D eigenvalue weighted by Gasteiger charge is -2.64. The Morgan fingerprint density at radius 2 is 1.63 bits per heavy atom. The Bertz CT molecular complexity index is 633. The van der Waals surface area contributed by atoms with Crippen molar-refractivity contribution < 1.29 is 13.6 Å². The maximum atomic E-state index is 11.7. The molecule has 4 saturated carbocycles. The predicted octanol–water partition coefficient (Wildman–Crippen LogP) is 7.31. The molecule has 0 aliphatic heterocycles. The lowest BCUT2D eigenvalue weighted by atomic mass is 9.43. The van der Waals surface area contributed by atoms with Crippen molar-refractivity contribution in [2.45, 2.75) is 103 Å². The number of hydrogen-bond donors (Lipinski definition) is 0. The fraction of sp³-hybridized carbons (Fsp3) is 1.00. The number of fused-ring (bicyclic) bond motifs is 5. The van der Waals surface area contributed by atoms with E-state index in [1.165, 1.54) is 44.9 Å². The highest BCUT2D eigenvalue weighted by molar-refractivity contribution is 7.24. The highest BCUT2D eigenvalue weighted by Crippen LogP contribution is 2.69. The summed E-state index contributed by atoms with van der Waals surface area (Å²) in [5.74, 6) is 4.12. The molecule has 0 aromatic rings. The monoisotopic (exact) mass is 472 g/mol. The van der Waals surface area contributed by atoms with Gasteiger partial charge in [0.25, 0.3) is 0 Å². The molecule has 4 aliphatic rings. The molecule has 0 amide bonds. The second-order valence-electron chi connectivity index (χ2n) is 11.6. The van der Waals surface area contributed by atoms with Crippen LogP contribution in [0.25, 0.3) is 0 Å². The lowest BCUT2D eigenvalue weighted by Crippen LogP contribution is -2.64. The van der Waals surface area contributed by atoms with Crippen molar-refractivity contribution in [3.8, 4) is 0 Å². The molecule has 0 saturated heterocycles. The summed E-state index contributed by atoms with van der Waals surface area (Å²) in [5, 5.41) is 0. The van der Waals surface area contributed by atoms with Crippen LogP contribution < -0.4 is 0 Å². The van der Waals surface area contributed by atoms with Crippen molar-refractivity contribution in [2.24, 2.45) is 46.3 Å². The van der Waals surface area contributed by atoms with Gasteiger partial charge in [-0.25, -0.2) is 0 Å².